The van der Waals surface area contributed by atoms with Gasteiger partial charge < -0.3 is 10.4 Å². The van der Waals surface area contributed by atoms with Gasteiger partial charge in [-0.25, -0.2) is 4.39 Å². The highest BCUT2D eigenvalue weighted by Gasteiger charge is 2.23. The largest absolute Gasteiger partial charge is 0.505 e. The number of hydrogen-bond acceptors (Lipinski definition) is 3. The highest BCUT2D eigenvalue weighted by Crippen LogP contribution is 2.24. The van der Waals surface area contributed by atoms with Crippen molar-refractivity contribution in [1.82, 2.24) is 10.2 Å². The fourth-order valence-corrected chi connectivity index (χ4v) is 2.87. The van der Waals surface area contributed by atoms with E-state index in [0.29, 0.717) is 12.1 Å². The smallest absolute Gasteiger partial charge is 0.165 e. The predicted octanol–water partition coefficient (Wildman–Crippen LogP) is 2.49. The van der Waals surface area contributed by atoms with Crippen molar-refractivity contribution in [3.63, 3.8) is 0 Å². The molecule has 0 aromatic heterocycles. The Kier molecular flexibility index (Phi) is 4.77. The van der Waals surface area contributed by atoms with E-state index >= 15 is 0 Å². The zero-order valence-corrected chi connectivity index (χ0v) is 11.7. The minimum absolute atomic E-state index is 0.277. The van der Waals surface area contributed by atoms with E-state index in [0.717, 1.165) is 12.1 Å². The van der Waals surface area contributed by atoms with Crippen molar-refractivity contribution in [2.75, 3.05) is 14.1 Å². The first-order valence-electron chi connectivity index (χ1n) is 6.95. The van der Waals surface area contributed by atoms with Crippen LogP contribution in [-0.4, -0.2) is 36.2 Å². The second-order valence-electron chi connectivity index (χ2n) is 5.50. The number of nitrogens with one attached hydrogen (secondary N) is 1. The normalized spacial score (nSPS) is 23.8. The number of phenols is 1. The van der Waals surface area contributed by atoms with Crippen molar-refractivity contribution in [3.05, 3.63) is 29.6 Å². The summed E-state index contributed by atoms with van der Waals surface area (Å²) in [5.74, 6) is -0.814. The maximum atomic E-state index is 13.3. The molecular formula is C15H23FN2O. The molecule has 0 spiro atoms. The Balaban J connectivity index is 1.90. The van der Waals surface area contributed by atoms with Gasteiger partial charge in [-0.2, -0.15) is 0 Å². The van der Waals surface area contributed by atoms with Crippen LogP contribution in [0.3, 0.4) is 0 Å². The van der Waals surface area contributed by atoms with Gasteiger partial charge in [-0.15, -0.1) is 0 Å². The fourth-order valence-electron chi connectivity index (χ4n) is 2.87. The van der Waals surface area contributed by atoms with Gasteiger partial charge in [0.05, 0.1) is 0 Å². The molecule has 3 nitrogen and oxygen atoms in total. The third-order valence-electron chi connectivity index (χ3n) is 4.17. The Morgan fingerprint density at radius 1 is 1.32 bits per heavy atom. The van der Waals surface area contributed by atoms with E-state index in [1.165, 1.54) is 37.8 Å². The summed E-state index contributed by atoms with van der Waals surface area (Å²) in [4.78, 5) is 2.29. The van der Waals surface area contributed by atoms with Gasteiger partial charge in [0.1, 0.15) is 0 Å². The quantitative estimate of drug-likeness (QED) is 0.879. The molecule has 1 aromatic rings. The molecule has 0 unspecified atom stereocenters. The highest BCUT2D eigenvalue weighted by molar-refractivity contribution is 5.27. The number of halogens is 1. The molecule has 106 valence electrons. The number of hydrogen-bond donors (Lipinski definition) is 2. The lowest BCUT2D eigenvalue weighted by atomic mass is 9.90. The minimum atomic E-state index is -0.537. The molecule has 0 heterocycles. The maximum Gasteiger partial charge on any atom is 0.165 e. The summed E-state index contributed by atoms with van der Waals surface area (Å²) in [7, 11) is 4.11. The first kappa shape index (κ1) is 14.3. The van der Waals surface area contributed by atoms with Crippen molar-refractivity contribution in [1.29, 1.82) is 0 Å². The molecule has 0 atom stereocenters. The van der Waals surface area contributed by atoms with Crippen molar-refractivity contribution in [2.24, 2.45) is 0 Å². The van der Waals surface area contributed by atoms with Crippen LogP contribution < -0.4 is 5.32 Å². The summed E-state index contributed by atoms with van der Waals surface area (Å²) in [6, 6.07) is 5.85. The second-order valence-corrected chi connectivity index (χ2v) is 5.50. The minimum Gasteiger partial charge on any atom is -0.505 e. The van der Waals surface area contributed by atoms with Crippen LogP contribution in [0.25, 0.3) is 0 Å². The van der Waals surface area contributed by atoms with E-state index in [1.807, 2.05) is 7.05 Å². The topological polar surface area (TPSA) is 35.5 Å². The van der Waals surface area contributed by atoms with Gasteiger partial charge in [0.15, 0.2) is 11.6 Å². The summed E-state index contributed by atoms with van der Waals surface area (Å²) in [5, 5.41) is 12.5. The summed E-state index contributed by atoms with van der Waals surface area (Å²) >= 11 is 0. The molecule has 0 saturated heterocycles. The van der Waals surface area contributed by atoms with Crippen molar-refractivity contribution < 1.29 is 9.50 Å². The third-order valence-corrected chi connectivity index (χ3v) is 4.17. The average molecular weight is 266 g/mol. The molecule has 1 fully saturated rings. The van der Waals surface area contributed by atoms with E-state index in [9.17, 15) is 9.50 Å². The molecule has 1 aliphatic carbocycles. The number of rotatable bonds is 4. The number of benzene rings is 1. The first-order chi connectivity index (χ1) is 9.10. The predicted molar refractivity (Wildman–Crippen MR) is 74.6 cm³/mol. The molecule has 1 aromatic carbocycles. The molecule has 2 rings (SSSR count). The third kappa shape index (κ3) is 3.67. The van der Waals surface area contributed by atoms with Gasteiger partial charge in [0.2, 0.25) is 0 Å². The van der Waals surface area contributed by atoms with Crippen LogP contribution in [-0.2, 0) is 6.54 Å². The Morgan fingerprint density at radius 2 is 2.00 bits per heavy atom. The molecule has 0 bridgehead atoms. The molecule has 0 aliphatic heterocycles. The second kappa shape index (κ2) is 6.35. The zero-order valence-electron chi connectivity index (χ0n) is 11.7. The molecule has 1 aliphatic rings. The Hall–Kier alpha value is -1.13. The van der Waals surface area contributed by atoms with E-state index in [1.54, 1.807) is 6.07 Å². The maximum absolute atomic E-state index is 13.3. The Bertz CT molecular complexity index is 417. The number of phenolic OH excluding ortho intramolecular Hbond substituents is 1. The molecule has 1 saturated carbocycles. The van der Waals surface area contributed by atoms with Gasteiger partial charge in [-0.1, -0.05) is 6.07 Å². The van der Waals surface area contributed by atoms with Gasteiger partial charge in [0, 0.05) is 18.6 Å². The van der Waals surface area contributed by atoms with Gasteiger partial charge in [0.25, 0.3) is 0 Å². The molecule has 0 amide bonds. The Morgan fingerprint density at radius 3 is 2.58 bits per heavy atom. The summed E-state index contributed by atoms with van der Waals surface area (Å²) in [6.07, 6.45) is 4.77. The highest BCUT2D eigenvalue weighted by atomic mass is 19.1. The van der Waals surface area contributed by atoms with Gasteiger partial charge in [-0.05, 0) is 57.5 Å². The lowest BCUT2D eigenvalue weighted by molar-refractivity contribution is 0.170. The summed E-state index contributed by atoms with van der Waals surface area (Å²) in [5.41, 5.74) is 0.911. The van der Waals surface area contributed by atoms with Gasteiger partial charge in [-0.3, -0.25) is 4.90 Å². The van der Waals surface area contributed by atoms with E-state index in [-0.39, 0.29) is 5.75 Å². The van der Waals surface area contributed by atoms with Crippen molar-refractivity contribution in [2.45, 2.75) is 44.3 Å². The van der Waals surface area contributed by atoms with Crippen LogP contribution in [0.1, 0.15) is 31.2 Å². The van der Waals surface area contributed by atoms with Crippen LogP contribution in [0.2, 0.25) is 0 Å². The van der Waals surface area contributed by atoms with Crippen LogP contribution in [0.15, 0.2) is 18.2 Å². The molecule has 4 heteroatoms. The van der Waals surface area contributed by atoms with E-state index < -0.39 is 5.82 Å². The lowest BCUT2D eigenvalue weighted by Crippen LogP contribution is -2.39. The van der Waals surface area contributed by atoms with Crippen LogP contribution in [0.4, 0.5) is 4.39 Å². The monoisotopic (exact) mass is 266 g/mol. The zero-order chi connectivity index (χ0) is 13.8. The first-order valence-corrected chi connectivity index (χ1v) is 6.95. The van der Waals surface area contributed by atoms with Crippen molar-refractivity contribution >= 4 is 0 Å². The standard InChI is InChI=1S/C15H23FN2O/c1-17-12-4-6-13(7-5-12)18(2)10-11-3-8-15(19)14(16)9-11/h3,8-9,12-13,17,19H,4-7,10H2,1-2H3. The molecular weight excluding hydrogens is 243 g/mol. The summed E-state index contributed by atoms with van der Waals surface area (Å²) < 4.78 is 13.3. The lowest BCUT2D eigenvalue weighted by Gasteiger charge is -2.34. The average Bonchev–Trinajstić information content (AvgIpc) is 2.43. The van der Waals surface area contributed by atoms with Crippen LogP contribution >= 0.6 is 0 Å². The van der Waals surface area contributed by atoms with Gasteiger partial charge >= 0.3 is 0 Å². The van der Waals surface area contributed by atoms with E-state index in [4.69, 9.17) is 0 Å². The van der Waals surface area contributed by atoms with Crippen LogP contribution in [0, 0.1) is 5.82 Å². The number of aromatic hydroxyl groups is 1. The SMILES string of the molecule is CNC1CCC(N(C)Cc2ccc(O)c(F)c2)CC1. The number of nitrogens with zero attached hydrogens (tertiary/aromatic N) is 1. The summed E-state index contributed by atoms with van der Waals surface area (Å²) in [6.45, 7) is 0.728. The molecule has 2 N–H and O–H groups in total. The van der Waals surface area contributed by atoms with E-state index in [2.05, 4.69) is 17.3 Å². The van der Waals surface area contributed by atoms with Crippen LogP contribution in [0.5, 0.6) is 5.75 Å². The fraction of sp³-hybridized carbons (Fsp3) is 0.600. The molecule has 19 heavy (non-hydrogen) atoms. The Labute approximate surface area is 114 Å². The molecule has 0 radical (unpaired) electrons. The van der Waals surface area contributed by atoms with Crippen molar-refractivity contribution in [3.8, 4) is 5.75 Å².